The monoisotopic (exact) mass is 955 g/mol. The molecule has 0 aliphatic carbocycles. The number of carboxylic acid groups (broad SMARTS) is 1. The second-order valence-corrected chi connectivity index (χ2v) is 17.6. The van der Waals surface area contributed by atoms with E-state index in [9.17, 15) is 43.5 Å². The van der Waals surface area contributed by atoms with Crippen molar-refractivity contribution in [3.05, 3.63) is 83.4 Å². The summed E-state index contributed by atoms with van der Waals surface area (Å²) in [5, 5.41) is 19.8. The number of rotatable bonds is 31. The summed E-state index contributed by atoms with van der Waals surface area (Å²) in [6, 6.07) is 16.7. The molecule has 3 rings (SSSR count). The minimum Gasteiger partial charge on any atom is -0.481 e. The SMILES string of the molecule is CC[C@H](C)[C@H](CC(=O)[C@H](CCCN=C(N)N)NC(=O)Cc1ccc(CC(=O)c2ccc3ccccc3c2)cc1)C(=O)N[C@@H](CC(=O)O)C(=O)CC(CCCN=C(N)N)C(=O)N[C@H](C(N)=O)[C@@H](C)CC. The van der Waals surface area contributed by atoms with Gasteiger partial charge in [-0.05, 0) is 65.5 Å². The number of fused-ring (bicyclic) bond motifs is 1. The molecule has 3 aromatic rings. The van der Waals surface area contributed by atoms with E-state index in [1.165, 1.54) is 0 Å². The highest BCUT2D eigenvalue weighted by atomic mass is 16.4. The van der Waals surface area contributed by atoms with Gasteiger partial charge in [-0.15, -0.1) is 0 Å². The van der Waals surface area contributed by atoms with Crippen molar-refractivity contribution in [2.75, 3.05) is 13.1 Å². The normalized spacial score (nSPS) is 14.1. The number of ketones is 3. The first-order valence-corrected chi connectivity index (χ1v) is 23.4. The van der Waals surface area contributed by atoms with Gasteiger partial charge < -0.3 is 49.7 Å². The molecule has 7 atom stereocenters. The molecule has 3 aromatic carbocycles. The van der Waals surface area contributed by atoms with Crippen LogP contribution in [0, 0.1) is 23.7 Å². The fourth-order valence-corrected chi connectivity index (χ4v) is 7.83. The average molecular weight is 955 g/mol. The quantitative estimate of drug-likeness (QED) is 0.0194. The van der Waals surface area contributed by atoms with Crippen LogP contribution < -0.4 is 44.6 Å². The third-order valence-electron chi connectivity index (χ3n) is 12.3. The minimum absolute atomic E-state index is 0.0550. The van der Waals surface area contributed by atoms with Gasteiger partial charge in [0.25, 0.3) is 0 Å². The van der Waals surface area contributed by atoms with E-state index in [1.54, 1.807) is 51.1 Å². The number of benzene rings is 3. The Morgan fingerprint density at radius 1 is 0.609 bits per heavy atom. The van der Waals surface area contributed by atoms with Gasteiger partial charge in [-0.3, -0.25) is 48.3 Å². The summed E-state index contributed by atoms with van der Waals surface area (Å²) < 4.78 is 0. The molecule has 0 spiro atoms. The summed E-state index contributed by atoms with van der Waals surface area (Å²) in [6.45, 7) is 7.36. The van der Waals surface area contributed by atoms with E-state index < -0.39 is 89.9 Å². The number of aliphatic imine (C=N–C) groups is 2. The van der Waals surface area contributed by atoms with Crippen LogP contribution in [-0.2, 0) is 46.4 Å². The fraction of sp³-hybridized carbons (Fsp3) is 0.480. The van der Waals surface area contributed by atoms with Crippen LogP contribution in [0.5, 0.6) is 0 Å². The first kappa shape index (κ1) is 56.1. The van der Waals surface area contributed by atoms with Crippen molar-refractivity contribution in [1.82, 2.24) is 16.0 Å². The predicted molar refractivity (Wildman–Crippen MR) is 264 cm³/mol. The number of amides is 4. The molecule has 0 fully saturated rings. The van der Waals surface area contributed by atoms with Crippen LogP contribution in [0.1, 0.15) is 107 Å². The molecule has 0 saturated heterocycles. The highest BCUT2D eigenvalue weighted by Crippen LogP contribution is 2.24. The molecule has 0 radical (unpaired) electrons. The number of nitrogens with two attached hydrogens (primary N) is 5. The highest BCUT2D eigenvalue weighted by Gasteiger charge is 2.36. The second kappa shape index (κ2) is 28.2. The molecule has 14 N–H and O–H groups in total. The number of hydrogen-bond donors (Lipinski definition) is 9. The standard InChI is InChI=1S/C50H70N10O9/c1-5-29(3)37(48(69)59-39(28-44(65)66)41(62)26-36(13-9-21-56-49(52)53)47(68)60-45(46(51)67)30(4)6-2)27-42(63)38(14-10-22-57-50(54)55)58-43(64)24-32-17-15-31(16-18-32)23-40(61)35-20-19-33-11-7-8-12-34(33)25-35/h7-8,11-12,15-20,25,29-30,36-39,45H,5-6,9-10,13-14,21-24,26-28H2,1-4H3,(H2,51,67)(H,58,64)(H,59,69)(H,60,68)(H,65,66)(H4,52,53,56)(H4,54,55,57)/t29-,30-,36?,37-,38-,39-,45-/m0/s1. The average Bonchev–Trinajstić information content (AvgIpc) is 3.30. The molecular weight excluding hydrogens is 885 g/mol. The Morgan fingerprint density at radius 2 is 1.17 bits per heavy atom. The summed E-state index contributed by atoms with van der Waals surface area (Å²) in [5.41, 5.74) is 29.5. The Bertz CT molecular complexity index is 2330. The Morgan fingerprint density at radius 3 is 1.74 bits per heavy atom. The lowest BCUT2D eigenvalue weighted by atomic mass is 9.84. The maximum Gasteiger partial charge on any atom is 0.305 e. The van der Waals surface area contributed by atoms with E-state index in [4.69, 9.17) is 28.7 Å². The zero-order chi connectivity index (χ0) is 51.2. The summed E-state index contributed by atoms with van der Waals surface area (Å²) >= 11 is 0. The van der Waals surface area contributed by atoms with Crippen LogP contribution in [0.3, 0.4) is 0 Å². The molecule has 0 aliphatic heterocycles. The zero-order valence-corrected chi connectivity index (χ0v) is 40.1. The number of carboxylic acids is 1. The molecule has 0 bridgehead atoms. The van der Waals surface area contributed by atoms with Gasteiger partial charge in [0, 0.05) is 49.8 Å². The van der Waals surface area contributed by atoms with Crippen molar-refractivity contribution >= 4 is 69.6 Å². The molecule has 19 heteroatoms. The number of Topliss-reactive ketones (excluding diaryl/α,β-unsaturated/α-hetero) is 3. The van der Waals surface area contributed by atoms with Crippen LogP contribution in [0.15, 0.2) is 76.7 Å². The maximum atomic E-state index is 14.1. The van der Waals surface area contributed by atoms with E-state index in [0.29, 0.717) is 30.4 Å². The smallest absolute Gasteiger partial charge is 0.305 e. The van der Waals surface area contributed by atoms with Crippen LogP contribution in [0.2, 0.25) is 0 Å². The van der Waals surface area contributed by atoms with E-state index in [2.05, 4.69) is 25.9 Å². The summed E-state index contributed by atoms with van der Waals surface area (Å²) in [4.78, 5) is 115. The van der Waals surface area contributed by atoms with Crippen LogP contribution in [0.4, 0.5) is 0 Å². The molecule has 1 unspecified atom stereocenters. The van der Waals surface area contributed by atoms with E-state index in [0.717, 1.165) is 16.3 Å². The topological polar surface area (TPSA) is 348 Å². The third kappa shape index (κ3) is 19.2. The molecular formula is C50H70N10O9. The number of carbonyl (C=O) groups is 8. The van der Waals surface area contributed by atoms with Gasteiger partial charge in [-0.25, -0.2) is 0 Å². The van der Waals surface area contributed by atoms with Crippen molar-refractivity contribution in [2.45, 2.75) is 116 Å². The number of guanidine groups is 2. The second-order valence-electron chi connectivity index (χ2n) is 17.6. The third-order valence-corrected chi connectivity index (χ3v) is 12.3. The first-order chi connectivity index (χ1) is 32.7. The molecule has 69 heavy (non-hydrogen) atoms. The van der Waals surface area contributed by atoms with E-state index >= 15 is 0 Å². The van der Waals surface area contributed by atoms with Gasteiger partial charge in [0.1, 0.15) is 6.04 Å². The Hall–Kier alpha value is -7.18. The number of aliphatic carboxylic acids is 1. The molecule has 0 heterocycles. The highest BCUT2D eigenvalue weighted by molar-refractivity contribution is 6.01. The van der Waals surface area contributed by atoms with Gasteiger partial charge in [-0.1, -0.05) is 101 Å². The summed E-state index contributed by atoms with van der Waals surface area (Å²) in [7, 11) is 0. The lowest BCUT2D eigenvalue weighted by Gasteiger charge is -2.27. The van der Waals surface area contributed by atoms with Crippen molar-refractivity contribution in [2.24, 2.45) is 62.3 Å². The van der Waals surface area contributed by atoms with Crippen LogP contribution in [-0.4, -0.2) is 95.2 Å². The summed E-state index contributed by atoms with van der Waals surface area (Å²) in [6.07, 6.45) is -0.00549. The van der Waals surface area contributed by atoms with E-state index in [-0.39, 0.29) is 75.2 Å². The maximum absolute atomic E-state index is 14.1. The molecule has 0 aliphatic rings. The zero-order valence-electron chi connectivity index (χ0n) is 40.1. The molecule has 4 amide bonds. The number of nitrogens with zero attached hydrogens (tertiary/aromatic N) is 2. The number of primary amides is 1. The van der Waals surface area contributed by atoms with Crippen LogP contribution in [0.25, 0.3) is 10.8 Å². The van der Waals surface area contributed by atoms with E-state index in [1.807, 2.05) is 43.3 Å². The lowest BCUT2D eigenvalue weighted by Crippen LogP contribution is -2.51. The lowest BCUT2D eigenvalue weighted by molar-refractivity contribution is -0.141. The molecule has 0 aromatic heterocycles. The van der Waals surface area contributed by atoms with Crippen molar-refractivity contribution in [3.63, 3.8) is 0 Å². The Labute approximate surface area is 403 Å². The van der Waals surface area contributed by atoms with Gasteiger partial charge in [0.05, 0.1) is 24.9 Å². The molecule has 0 saturated carbocycles. The molecule has 19 nitrogen and oxygen atoms in total. The Balaban J connectivity index is 1.78. The van der Waals surface area contributed by atoms with Gasteiger partial charge in [-0.2, -0.15) is 0 Å². The number of carbonyl (C=O) groups excluding carboxylic acids is 7. The van der Waals surface area contributed by atoms with Gasteiger partial charge >= 0.3 is 5.97 Å². The predicted octanol–water partition coefficient (Wildman–Crippen LogP) is 2.57. The largest absolute Gasteiger partial charge is 0.481 e. The number of hydrogen-bond acceptors (Lipinski definition) is 10. The summed E-state index contributed by atoms with van der Waals surface area (Å²) in [5.74, 6) is -8.64. The Kier molecular flexibility index (Phi) is 23.0. The molecule has 374 valence electrons. The van der Waals surface area contributed by atoms with Crippen molar-refractivity contribution in [1.29, 1.82) is 0 Å². The fourth-order valence-electron chi connectivity index (χ4n) is 7.83. The van der Waals surface area contributed by atoms with Crippen molar-refractivity contribution in [3.8, 4) is 0 Å². The van der Waals surface area contributed by atoms with Crippen LogP contribution >= 0.6 is 0 Å². The number of nitrogens with one attached hydrogen (secondary N) is 3. The van der Waals surface area contributed by atoms with Crippen molar-refractivity contribution < 1.29 is 43.5 Å². The van der Waals surface area contributed by atoms with Gasteiger partial charge in [0.2, 0.25) is 23.6 Å². The first-order valence-electron chi connectivity index (χ1n) is 23.4. The minimum atomic E-state index is -1.59. The van der Waals surface area contributed by atoms with Gasteiger partial charge in [0.15, 0.2) is 29.3 Å².